The highest BCUT2D eigenvalue weighted by atomic mass is 32.1. The van der Waals surface area contributed by atoms with Gasteiger partial charge < -0.3 is 4.52 Å². The summed E-state index contributed by atoms with van der Waals surface area (Å²) in [6.45, 7) is 3.90. The molecule has 4 rings (SSSR count). The molecule has 0 atom stereocenters. The zero-order valence-corrected chi connectivity index (χ0v) is 12.8. The molecule has 3 heterocycles. The lowest BCUT2D eigenvalue weighted by molar-refractivity contribution is 0.432. The maximum atomic E-state index is 5.35. The van der Waals surface area contributed by atoms with Crippen molar-refractivity contribution in [2.45, 2.75) is 13.8 Å². The van der Waals surface area contributed by atoms with Crippen molar-refractivity contribution in [1.82, 2.24) is 25.1 Å². The predicted molar refractivity (Wildman–Crippen MR) is 83.4 cm³/mol. The smallest absolute Gasteiger partial charge is 0.258 e. The van der Waals surface area contributed by atoms with Crippen LogP contribution in [0.3, 0.4) is 0 Å². The number of benzene rings is 1. The van der Waals surface area contributed by atoms with Gasteiger partial charge in [0.05, 0.1) is 32.8 Å². The quantitative estimate of drug-likeness (QED) is 0.564. The first kappa shape index (κ1) is 13.0. The van der Waals surface area contributed by atoms with Crippen molar-refractivity contribution in [3.8, 4) is 22.2 Å². The van der Waals surface area contributed by atoms with Gasteiger partial charge in [0, 0.05) is 11.8 Å². The summed E-state index contributed by atoms with van der Waals surface area (Å²) in [5.41, 5.74) is 6.09. The average Bonchev–Trinajstić information content (AvgIpc) is 3.19. The standard InChI is InChI=1S/C15H11N5OS/c1-8-9(2)18-12-5-10(3-4-11(12)17-8)15-19-14(20-21-15)13-6-16-7-22-13/h3-7H,1-2H3. The largest absolute Gasteiger partial charge is 0.334 e. The Kier molecular flexibility index (Phi) is 2.93. The molecule has 0 unspecified atom stereocenters. The summed E-state index contributed by atoms with van der Waals surface area (Å²) < 4.78 is 5.35. The minimum atomic E-state index is 0.463. The predicted octanol–water partition coefficient (Wildman–Crippen LogP) is 3.42. The Balaban J connectivity index is 1.79. The molecular formula is C15H11N5OS. The minimum absolute atomic E-state index is 0.463. The van der Waals surface area contributed by atoms with Crippen LogP contribution < -0.4 is 0 Å². The van der Waals surface area contributed by atoms with Crippen LogP contribution in [0.1, 0.15) is 11.4 Å². The van der Waals surface area contributed by atoms with E-state index in [1.165, 1.54) is 11.3 Å². The van der Waals surface area contributed by atoms with E-state index in [4.69, 9.17) is 4.52 Å². The fraction of sp³-hybridized carbons (Fsp3) is 0.133. The lowest BCUT2D eigenvalue weighted by Crippen LogP contribution is -1.93. The molecule has 108 valence electrons. The van der Waals surface area contributed by atoms with Crippen molar-refractivity contribution < 1.29 is 4.52 Å². The Morgan fingerprint density at radius 2 is 1.82 bits per heavy atom. The van der Waals surface area contributed by atoms with E-state index in [0.717, 1.165) is 32.9 Å². The average molecular weight is 309 g/mol. The van der Waals surface area contributed by atoms with Crippen molar-refractivity contribution in [2.24, 2.45) is 0 Å². The maximum absolute atomic E-state index is 5.35. The van der Waals surface area contributed by atoms with Crippen LogP contribution in [-0.4, -0.2) is 25.1 Å². The second-order valence-corrected chi connectivity index (χ2v) is 5.77. The highest BCUT2D eigenvalue weighted by Gasteiger charge is 2.13. The molecule has 0 radical (unpaired) electrons. The van der Waals surface area contributed by atoms with Crippen LogP contribution in [0.4, 0.5) is 0 Å². The van der Waals surface area contributed by atoms with Gasteiger partial charge in [-0.05, 0) is 32.0 Å². The Bertz CT molecular complexity index is 961. The van der Waals surface area contributed by atoms with Crippen LogP contribution >= 0.6 is 11.3 Å². The number of rotatable bonds is 2. The summed E-state index contributed by atoms with van der Waals surface area (Å²) >= 11 is 1.47. The topological polar surface area (TPSA) is 77.6 Å². The van der Waals surface area contributed by atoms with Crippen LogP contribution in [0.2, 0.25) is 0 Å². The van der Waals surface area contributed by atoms with Gasteiger partial charge in [0.25, 0.3) is 5.89 Å². The first-order valence-electron chi connectivity index (χ1n) is 6.68. The second kappa shape index (κ2) is 4.96. The molecule has 0 aliphatic carbocycles. The molecule has 4 aromatic rings. The molecule has 0 saturated heterocycles. The van der Waals surface area contributed by atoms with Crippen molar-refractivity contribution >= 4 is 22.4 Å². The summed E-state index contributed by atoms with van der Waals surface area (Å²) in [4.78, 5) is 18.4. The van der Waals surface area contributed by atoms with E-state index in [-0.39, 0.29) is 0 Å². The third-order valence-electron chi connectivity index (χ3n) is 3.40. The van der Waals surface area contributed by atoms with Gasteiger partial charge in [0.2, 0.25) is 5.82 Å². The molecule has 3 aromatic heterocycles. The van der Waals surface area contributed by atoms with Crippen LogP contribution in [-0.2, 0) is 0 Å². The first-order valence-corrected chi connectivity index (χ1v) is 7.56. The first-order chi connectivity index (χ1) is 10.7. The van der Waals surface area contributed by atoms with E-state index in [1.807, 2.05) is 32.0 Å². The van der Waals surface area contributed by atoms with Gasteiger partial charge in [-0.1, -0.05) is 5.16 Å². The third kappa shape index (κ3) is 2.15. The van der Waals surface area contributed by atoms with Gasteiger partial charge >= 0.3 is 0 Å². The summed E-state index contributed by atoms with van der Waals surface area (Å²) in [6.07, 6.45) is 1.72. The zero-order valence-electron chi connectivity index (χ0n) is 11.9. The van der Waals surface area contributed by atoms with Gasteiger partial charge in [-0.25, -0.2) is 9.97 Å². The number of aryl methyl sites for hydroxylation is 2. The Morgan fingerprint density at radius 3 is 2.59 bits per heavy atom. The molecule has 7 heteroatoms. The molecule has 0 amide bonds. The zero-order chi connectivity index (χ0) is 15.1. The highest BCUT2D eigenvalue weighted by Crippen LogP contribution is 2.26. The monoisotopic (exact) mass is 309 g/mol. The normalized spacial score (nSPS) is 11.2. The lowest BCUT2D eigenvalue weighted by atomic mass is 10.2. The van der Waals surface area contributed by atoms with Crippen LogP contribution in [0.25, 0.3) is 33.2 Å². The molecule has 22 heavy (non-hydrogen) atoms. The summed E-state index contributed by atoms with van der Waals surface area (Å²) in [5, 5.41) is 4.00. The van der Waals surface area contributed by atoms with Crippen LogP contribution in [0.5, 0.6) is 0 Å². The van der Waals surface area contributed by atoms with E-state index >= 15 is 0 Å². The van der Waals surface area contributed by atoms with Crippen LogP contribution in [0.15, 0.2) is 34.4 Å². The SMILES string of the molecule is Cc1nc2ccc(-c3nc(-c4cncs4)no3)cc2nc1C. The maximum Gasteiger partial charge on any atom is 0.258 e. The van der Waals surface area contributed by atoms with Gasteiger partial charge in [-0.2, -0.15) is 4.98 Å². The molecule has 0 aliphatic heterocycles. The Labute approximate surface area is 129 Å². The number of fused-ring (bicyclic) bond motifs is 1. The van der Waals surface area contributed by atoms with Crippen molar-refractivity contribution in [3.63, 3.8) is 0 Å². The van der Waals surface area contributed by atoms with Crippen LogP contribution in [0, 0.1) is 13.8 Å². The van der Waals surface area contributed by atoms with E-state index in [0.29, 0.717) is 11.7 Å². The fourth-order valence-electron chi connectivity index (χ4n) is 2.13. The van der Waals surface area contributed by atoms with Gasteiger partial charge in [0.15, 0.2) is 0 Å². The number of nitrogens with zero attached hydrogens (tertiary/aromatic N) is 5. The molecule has 6 nitrogen and oxygen atoms in total. The number of thiazole rings is 1. The molecule has 0 spiro atoms. The van der Waals surface area contributed by atoms with E-state index < -0.39 is 0 Å². The summed E-state index contributed by atoms with van der Waals surface area (Å²) in [6, 6.07) is 5.75. The molecule has 0 bridgehead atoms. The summed E-state index contributed by atoms with van der Waals surface area (Å²) in [7, 11) is 0. The van der Waals surface area contributed by atoms with Crippen molar-refractivity contribution in [3.05, 3.63) is 41.3 Å². The molecule has 0 N–H and O–H groups in total. The lowest BCUT2D eigenvalue weighted by Gasteiger charge is -2.03. The van der Waals surface area contributed by atoms with Crippen molar-refractivity contribution in [1.29, 1.82) is 0 Å². The summed E-state index contributed by atoms with van der Waals surface area (Å²) in [5.74, 6) is 1.01. The minimum Gasteiger partial charge on any atom is -0.334 e. The van der Waals surface area contributed by atoms with E-state index in [9.17, 15) is 0 Å². The molecular weight excluding hydrogens is 298 g/mol. The number of hydrogen-bond donors (Lipinski definition) is 0. The highest BCUT2D eigenvalue weighted by molar-refractivity contribution is 7.13. The number of aromatic nitrogens is 5. The Morgan fingerprint density at radius 1 is 1.00 bits per heavy atom. The fourth-order valence-corrected chi connectivity index (χ4v) is 2.68. The second-order valence-electron chi connectivity index (χ2n) is 4.89. The third-order valence-corrected chi connectivity index (χ3v) is 4.17. The molecule has 0 fully saturated rings. The molecule has 0 saturated carbocycles. The van der Waals surface area contributed by atoms with Crippen molar-refractivity contribution in [2.75, 3.05) is 0 Å². The molecule has 0 aliphatic rings. The van der Waals surface area contributed by atoms with Gasteiger partial charge in [0.1, 0.15) is 0 Å². The van der Waals surface area contributed by atoms with Gasteiger partial charge in [-0.15, -0.1) is 11.3 Å². The van der Waals surface area contributed by atoms with Gasteiger partial charge in [-0.3, -0.25) is 4.98 Å². The Hall–Kier alpha value is -2.67. The van der Waals surface area contributed by atoms with E-state index in [1.54, 1.807) is 11.7 Å². The molecule has 1 aromatic carbocycles. The van der Waals surface area contributed by atoms with E-state index in [2.05, 4.69) is 25.1 Å². The number of hydrogen-bond acceptors (Lipinski definition) is 7.